The van der Waals surface area contributed by atoms with Crippen molar-refractivity contribution in [3.63, 3.8) is 0 Å². The molecule has 3 rings (SSSR count). The van der Waals surface area contributed by atoms with Gasteiger partial charge in [-0.25, -0.2) is 9.97 Å². The van der Waals surface area contributed by atoms with Crippen molar-refractivity contribution in [1.82, 2.24) is 15.3 Å². The van der Waals surface area contributed by atoms with Crippen LogP contribution in [0.2, 0.25) is 0 Å². The van der Waals surface area contributed by atoms with Gasteiger partial charge in [-0.05, 0) is 31.6 Å². The van der Waals surface area contributed by atoms with Gasteiger partial charge in [-0.2, -0.15) is 0 Å². The normalized spacial score (nSPS) is 23.6. The Morgan fingerprint density at radius 1 is 1.26 bits per heavy atom. The highest BCUT2D eigenvalue weighted by Crippen LogP contribution is 2.22. The van der Waals surface area contributed by atoms with E-state index < -0.39 is 0 Å². The smallest absolute Gasteiger partial charge is 0.225 e. The summed E-state index contributed by atoms with van der Waals surface area (Å²) in [6.07, 6.45) is 10.5. The minimum absolute atomic E-state index is 0.743. The number of nitrogens with zero attached hydrogens (tertiary/aromatic N) is 3. The lowest BCUT2D eigenvalue weighted by molar-refractivity contribution is 0.401. The van der Waals surface area contributed by atoms with Crippen LogP contribution < -0.4 is 10.2 Å². The first kappa shape index (κ1) is 12.9. The highest BCUT2D eigenvalue weighted by molar-refractivity contribution is 5.30. The lowest BCUT2D eigenvalue weighted by Gasteiger charge is -2.32. The van der Waals surface area contributed by atoms with E-state index >= 15 is 0 Å². The molecule has 1 saturated heterocycles. The van der Waals surface area contributed by atoms with Gasteiger partial charge in [0.1, 0.15) is 0 Å². The van der Waals surface area contributed by atoms with E-state index in [-0.39, 0.29) is 0 Å². The van der Waals surface area contributed by atoms with Crippen LogP contribution in [0.25, 0.3) is 0 Å². The molecular formula is C15H24N4. The predicted molar refractivity (Wildman–Crippen MR) is 77.1 cm³/mol. The molecule has 1 aromatic heterocycles. The first-order chi connectivity index (χ1) is 9.35. The third-order valence-corrected chi connectivity index (χ3v) is 4.24. The summed E-state index contributed by atoms with van der Waals surface area (Å²) in [6, 6.07) is 0.743. The summed E-state index contributed by atoms with van der Waals surface area (Å²) in [4.78, 5) is 11.4. The van der Waals surface area contributed by atoms with E-state index in [9.17, 15) is 0 Å². The van der Waals surface area contributed by atoms with E-state index in [2.05, 4.69) is 27.1 Å². The number of anilines is 1. The fourth-order valence-electron chi connectivity index (χ4n) is 2.73. The largest absolute Gasteiger partial charge is 0.341 e. The maximum Gasteiger partial charge on any atom is 0.225 e. The number of hydrogen-bond acceptors (Lipinski definition) is 4. The molecule has 1 aliphatic heterocycles. The van der Waals surface area contributed by atoms with Gasteiger partial charge in [0.25, 0.3) is 0 Å². The fourth-order valence-corrected chi connectivity index (χ4v) is 2.73. The quantitative estimate of drug-likeness (QED) is 0.882. The summed E-state index contributed by atoms with van der Waals surface area (Å²) in [5.41, 5.74) is 1.19. The summed E-state index contributed by atoms with van der Waals surface area (Å²) in [5.74, 6) is 1.72. The van der Waals surface area contributed by atoms with E-state index in [4.69, 9.17) is 0 Å². The molecular weight excluding hydrogens is 236 g/mol. The number of piperidine rings is 1. The van der Waals surface area contributed by atoms with Gasteiger partial charge in [0.2, 0.25) is 5.95 Å². The van der Waals surface area contributed by atoms with Crippen molar-refractivity contribution in [2.24, 2.45) is 5.92 Å². The average molecular weight is 260 g/mol. The van der Waals surface area contributed by atoms with Crippen molar-refractivity contribution < 1.29 is 0 Å². The Kier molecular flexibility index (Phi) is 3.97. The molecule has 1 saturated carbocycles. The number of nitrogens with one attached hydrogen (secondary N) is 1. The fraction of sp³-hybridized carbons (Fsp3) is 0.733. The molecule has 4 nitrogen and oxygen atoms in total. The van der Waals surface area contributed by atoms with Crippen LogP contribution in [-0.2, 0) is 6.54 Å². The van der Waals surface area contributed by atoms with Gasteiger partial charge < -0.3 is 10.2 Å². The third kappa shape index (κ3) is 3.44. The Labute approximate surface area is 115 Å². The molecule has 4 heteroatoms. The molecule has 1 aromatic rings. The Morgan fingerprint density at radius 3 is 2.74 bits per heavy atom. The van der Waals surface area contributed by atoms with Gasteiger partial charge in [-0.3, -0.25) is 0 Å². The summed E-state index contributed by atoms with van der Waals surface area (Å²) < 4.78 is 0. The van der Waals surface area contributed by atoms with Gasteiger partial charge in [0.05, 0.1) is 0 Å². The molecule has 0 radical (unpaired) electrons. The van der Waals surface area contributed by atoms with E-state index in [1.54, 1.807) is 0 Å². The molecule has 0 amide bonds. The van der Waals surface area contributed by atoms with Gasteiger partial charge in [0.15, 0.2) is 0 Å². The molecule has 104 valence electrons. The van der Waals surface area contributed by atoms with Crippen LogP contribution in [0.3, 0.4) is 0 Å². The minimum Gasteiger partial charge on any atom is -0.341 e. The molecule has 0 bridgehead atoms. The Bertz CT molecular complexity index is 399. The Morgan fingerprint density at radius 2 is 2.05 bits per heavy atom. The van der Waals surface area contributed by atoms with Crippen LogP contribution >= 0.6 is 0 Å². The molecule has 2 heterocycles. The van der Waals surface area contributed by atoms with Crippen LogP contribution in [0.1, 0.15) is 44.6 Å². The van der Waals surface area contributed by atoms with Gasteiger partial charge in [0, 0.05) is 43.6 Å². The van der Waals surface area contributed by atoms with E-state index in [0.29, 0.717) is 0 Å². The van der Waals surface area contributed by atoms with Crippen LogP contribution in [0.15, 0.2) is 12.4 Å². The van der Waals surface area contributed by atoms with Crippen molar-refractivity contribution in [3.05, 3.63) is 18.0 Å². The van der Waals surface area contributed by atoms with E-state index in [1.807, 2.05) is 12.4 Å². The SMILES string of the molecule is CCC1CCCN(c2ncc(CNC3CC3)cn2)C1. The maximum absolute atomic E-state index is 4.54. The first-order valence-corrected chi connectivity index (χ1v) is 7.64. The minimum atomic E-state index is 0.743. The lowest BCUT2D eigenvalue weighted by Crippen LogP contribution is -2.36. The van der Waals surface area contributed by atoms with Crippen molar-refractivity contribution in [2.75, 3.05) is 18.0 Å². The summed E-state index contributed by atoms with van der Waals surface area (Å²) >= 11 is 0. The summed E-state index contributed by atoms with van der Waals surface area (Å²) in [6.45, 7) is 5.41. The molecule has 19 heavy (non-hydrogen) atoms. The second-order valence-electron chi connectivity index (χ2n) is 5.91. The van der Waals surface area contributed by atoms with Crippen LogP contribution in [-0.4, -0.2) is 29.1 Å². The number of hydrogen-bond donors (Lipinski definition) is 1. The highest BCUT2D eigenvalue weighted by atomic mass is 15.2. The average Bonchev–Trinajstić information content (AvgIpc) is 3.30. The molecule has 2 fully saturated rings. The molecule has 1 aliphatic carbocycles. The molecule has 1 atom stereocenters. The number of rotatable bonds is 5. The van der Waals surface area contributed by atoms with Crippen molar-refractivity contribution in [3.8, 4) is 0 Å². The van der Waals surface area contributed by atoms with Gasteiger partial charge >= 0.3 is 0 Å². The third-order valence-electron chi connectivity index (χ3n) is 4.24. The summed E-state index contributed by atoms with van der Waals surface area (Å²) in [7, 11) is 0. The Hall–Kier alpha value is -1.16. The second-order valence-corrected chi connectivity index (χ2v) is 5.91. The molecule has 1 unspecified atom stereocenters. The topological polar surface area (TPSA) is 41.1 Å². The zero-order valence-corrected chi connectivity index (χ0v) is 11.8. The van der Waals surface area contributed by atoms with Gasteiger partial charge in [-0.15, -0.1) is 0 Å². The van der Waals surface area contributed by atoms with E-state index in [1.165, 1.54) is 37.7 Å². The van der Waals surface area contributed by atoms with Gasteiger partial charge in [-0.1, -0.05) is 13.3 Å². The van der Waals surface area contributed by atoms with Crippen LogP contribution in [0.5, 0.6) is 0 Å². The number of aromatic nitrogens is 2. The van der Waals surface area contributed by atoms with Crippen molar-refractivity contribution in [1.29, 1.82) is 0 Å². The first-order valence-electron chi connectivity index (χ1n) is 7.64. The van der Waals surface area contributed by atoms with Crippen molar-refractivity contribution in [2.45, 2.75) is 51.6 Å². The second kappa shape index (κ2) is 5.87. The monoisotopic (exact) mass is 260 g/mol. The van der Waals surface area contributed by atoms with Crippen LogP contribution in [0.4, 0.5) is 5.95 Å². The zero-order valence-electron chi connectivity index (χ0n) is 11.8. The van der Waals surface area contributed by atoms with E-state index in [0.717, 1.165) is 37.5 Å². The molecule has 0 spiro atoms. The summed E-state index contributed by atoms with van der Waals surface area (Å²) in [5, 5.41) is 3.49. The Balaban J connectivity index is 1.57. The molecule has 2 aliphatic rings. The standard InChI is InChI=1S/C15H24N4/c1-2-12-4-3-7-19(11-12)15-17-9-13(10-18-15)8-16-14-5-6-14/h9-10,12,14,16H,2-8,11H2,1H3. The highest BCUT2D eigenvalue weighted by Gasteiger charge is 2.21. The lowest BCUT2D eigenvalue weighted by atomic mass is 9.96. The zero-order chi connectivity index (χ0) is 13.1. The van der Waals surface area contributed by atoms with Crippen LogP contribution in [0, 0.1) is 5.92 Å². The predicted octanol–water partition coefficient (Wildman–Crippen LogP) is 2.36. The van der Waals surface area contributed by atoms with Crippen molar-refractivity contribution >= 4 is 5.95 Å². The molecule has 1 N–H and O–H groups in total. The maximum atomic E-state index is 4.54. The molecule has 0 aromatic carbocycles.